The first-order valence-electron chi connectivity index (χ1n) is 9.10. The van der Waals surface area contributed by atoms with Crippen molar-refractivity contribution in [1.82, 2.24) is 14.8 Å². The van der Waals surface area contributed by atoms with E-state index in [4.69, 9.17) is 11.5 Å². The van der Waals surface area contributed by atoms with Gasteiger partial charge in [-0.25, -0.2) is 4.98 Å². The van der Waals surface area contributed by atoms with Gasteiger partial charge in [0.25, 0.3) is 5.91 Å². The van der Waals surface area contributed by atoms with E-state index in [-0.39, 0.29) is 5.78 Å². The van der Waals surface area contributed by atoms with Crippen LogP contribution in [0, 0.1) is 6.92 Å². The summed E-state index contributed by atoms with van der Waals surface area (Å²) in [6, 6.07) is 9.80. The van der Waals surface area contributed by atoms with E-state index in [0.29, 0.717) is 46.8 Å². The highest BCUT2D eigenvalue weighted by Gasteiger charge is 2.46. The lowest BCUT2D eigenvalue weighted by Crippen LogP contribution is -2.41. The number of aromatic nitrogens is 3. The number of nitrogens with zero attached hydrogens (tertiary/aromatic N) is 3. The van der Waals surface area contributed by atoms with E-state index >= 15 is 0 Å². The third-order valence-corrected chi connectivity index (χ3v) is 6.67. The summed E-state index contributed by atoms with van der Waals surface area (Å²) in [5, 5.41) is 4.57. The van der Waals surface area contributed by atoms with Gasteiger partial charge >= 0.3 is 0 Å². The average molecular weight is 395 g/mol. The molecule has 4 rings (SSSR count). The predicted octanol–water partition coefficient (Wildman–Crippen LogP) is 2.49. The predicted molar refractivity (Wildman–Crippen MR) is 107 cm³/mol. The molecule has 0 fully saturated rings. The van der Waals surface area contributed by atoms with Crippen LogP contribution in [0.25, 0.3) is 0 Å². The van der Waals surface area contributed by atoms with Crippen LogP contribution in [-0.4, -0.2) is 26.5 Å². The summed E-state index contributed by atoms with van der Waals surface area (Å²) in [6.07, 6.45) is 3.28. The molecule has 28 heavy (non-hydrogen) atoms. The molecule has 1 amide bonds. The molecule has 1 unspecified atom stereocenters. The van der Waals surface area contributed by atoms with Crippen LogP contribution in [0.3, 0.4) is 0 Å². The number of thiophene rings is 1. The van der Waals surface area contributed by atoms with Crippen LogP contribution in [0.15, 0.2) is 36.7 Å². The lowest BCUT2D eigenvalue weighted by molar-refractivity contribution is 0.0848. The minimum atomic E-state index is -0.696. The van der Waals surface area contributed by atoms with Crippen molar-refractivity contribution in [3.8, 4) is 0 Å². The molecule has 1 atom stereocenters. The summed E-state index contributed by atoms with van der Waals surface area (Å²) in [5.41, 5.74) is 12.8. The van der Waals surface area contributed by atoms with Crippen LogP contribution in [0.4, 0.5) is 5.00 Å². The molecule has 0 spiro atoms. The van der Waals surface area contributed by atoms with Gasteiger partial charge in [-0.3, -0.25) is 14.3 Å². The number of primary amides is 1. The zero-order valence-corrected chi connectivity index (χ0v) is 16.3. The van der Waals surface area contributed by atoms with Gasteiger partial charge in [0.15, 0.2) is 5.78 Å². The van der Waals surface area contributed by atoms with Crippen LogP contribution in [-0.2, 0) is 18.4 Å². The number of benzene rings is 1. The number of amides is 1. The highest BCUT2D eigenvalue weighted by atomic mass is 32.1. The monoisotopic (exact) mass is 395 g/mol. The van der Waals surface area contributed by atoms with Gasteiger partial charge in [-0.15, -0.1) is 11.3 Å². The Morgan fingerprint density at radius 3 is 2.71 bits per heavy atom. The van der Waals surface area contributed by atoms with E-state index in [1.54, 1.807) is 0 Å². The number of ketones is 1. The van der Waals surface area contributed by atoms with Gasteiger partial charge in [-0.2, -0.15) is 5.10 Å². The van der Waals surface area contributed by atoms with E-state index in [9.17, 15) is 9.59 Å². The van der Waals surface area contributed by atoms with E-state index in [1.165, 1.54) is 17.7 Å². The van der Waals surface area contributed by atoms with Gasteiger partial charge in [0.05, 0.1) is 20.9 Å². The van der Waals surface area contributed by atoms with Gasteiger partial charge in [-0.05, 0) is 37.3 Å². The first-order chi connectivity index (χ1) is 13.4. The number of anilines is 1. The molecule has 0 radical (unpaired) electrons. The van der Waals surface area contributed by atoms with E-state index < -0.39 is 11.3 Å². The molecule has 2 heterocycles. The molecular weight excluding hydrogens is 374 g/mol. The first-order valence-corrected chi connectivity index (χ1v) is 9.91. The number of rotatable bonds is 5. The van der Waals surface area contributed by atoms with Crippen molar-refractivity contribution in [2.75, 3.05) is 5.73 Å². The summed E-state index contributed by atoms with van der Waals surface area (Å²) in [7, 11) is 0. The Kier molecular flexibility index (Phi) is 4.50. The number of aryl methyl sites for hydroxylation is 2. The standard InChI is InChI=1S/C20H21N5O2S/c1-12-23-11-24-25(12)10-9-20(13-5-3-2-4-6-13)8-7-14-15(18(21)27)19(22)28-16(14)17(20)26/h2-6,11H,7-10,22H2,1H3,(H2,21,27). The third kappa shape index (κ3) is 2.80. The molecule has 7 nitrogen and oxygen atoms in total. The summed E-state index contributed by atoms with van der Waals surface area (Å²) in [6.45, 7) is 2.47. The molecule has 1 aliphatic rings. The molecule has 1 aliphatic carbocycles. The highest BCUT2D eigenvalue weighted by Crippen LogP contribution is 2.46. The molecular formula is C20H21N5O2S. The molecule has 144 valence electrons. The number of hydrogen-bond donors (Lipinski definition) is 2. The van der Waals surface area contributed by atoms with Gasteiger partial charge in [-0.1, -0.05) is 30.3 Å². The van der Waals surface area contributed by atoms with E-state index in [2.05, 4.69) is 10.1 Å². The molecule has 3 aromatic rings. The second-order valence-electron chi connectivity index (χ2n) is 7.07. The number of nitrogens with two attached hydrogens (primary N) is 2. The molecule has 8 heteroatoms. The van der Waals surface area contributed by atoms with E-state index in [0.717, 1.165) is 11.4 Å². The minimum Gasteiger partial charge on any atom is -0.390 e. The van der Waals surface area contributed by atoms with Gasteiger partial charge in [0.2, 0.25) is 0 Å². The van der Waals surface area contributed by atoms with Crippen LogP contribution in [0.5, 0.6) is 0 Å². The zero-order valence-electron chi connectivity index (χ0n) is 15.5. The summed E-state index contributed by atoms with van der Waals surface area (Å²) < 4.78 is 1.81. The Balaban J connectivity index is 1.79. The number of carbonyl (C=O) groups excluding carboxylic acids is 2. The number of hydrogen-bond acceptors (Lipinski definition) is 6. The Hall–Kier alpha value is -3.00. The maximum Gasteiger partial charge on any atom is 0.251 e. The normalized spacial score (nSPS) is 18.8. The lowest BCUT2D eigenvalue weighted by Gasteiger charge is -2.36. The van der Waals surface area contributed by atoms with Gasteiger partial charge in [0, 0.05) is 6.54 Å². The fraction of sp³-hybridized carbons (Fsp3) is 0.300. The van der Waals surface area contributed by atoms with Crippen molar-refractivity contribution in [1.29, 1.82) is 0 Å². The largest absolute Gasteiger partial charge is 0.390 e. The average Bonchev–Trinajstić information content (AvgIpc) is 3.25. The number of carbonyl (C=O) groups is 2. The van der Waals surface area contributed by atoms with Gasteiger partial charge < -0.3 is 11.5 Å². The zero-order chi connectivity index (χ0) is 19.9. The van der Waals surface area contributed by atoms with Crippen molar-refractivity contribution >= 4 is 28.0 Å². The lowest BCUT2D eigenvalue weighted by atomic mass is 9.66. The van der Waals surface area contributed by atoms with Crippen LogP contribution in [0.1, 0.15) is 49.8 Å². The molecule has 4 N–H and O–H groups in total. The molecule has 0 saturated carbocycles. The molecule has 0 bridgehead atoms. The summed E-state index contributed by atoms with van der Waals surface area (Å²) in [5.74, 6) is 0.235. The number of Topliss-reactive ketones (excluding diaryl/α,β-unsaturated/α-hetero) is 1. The second-order valence-corrected chi connectivity index (χ2v) is 8.12. The quantitative estimate of drug-likeness (QED) is 0.688. The number of nitrogen functional groups attached to an aromatic ring is 1. The number of fused-ring (bicyclic) bond motifs is 1. The van der Waals surface area contributed by atoms with Crippen molar-refractivity contribution in [2.24, 2.45) is 5.73 Å². The molecule has 1 aromatic carbocycles. The van der Waals surface area contributed by atoms with Crippen molar-refractivity contribution < 1.29 is 9.59 Å². The Bertz CT molecular complexity index is 1060. The maximum absolute atomic E-state index is 13.7. The van der Waals surface area contributed by atoms with Crippen LogP contribution < -0.4 is 11.5 Å². The Morgan fingerprint density at radius 1 is 1.32 bits per heavy atom. The summed E-state index contributed by atoms with van der Waals surface area (Å²) >= 11 is 1.17. The highest BCUT2D eigenvalue weighted by molar-refractivity contribution is 7.18. The van der Waals surface area contributed by atoms with Crippen molar-refractivity contribution in [2.45, 2.75) is 38.1 Å². The first kappa shape index (κ1) is 18.4. The van der Waals surface area contributed by atoms with Crippen LogP contribution >= 0.6 is 11.3 Å². The van der Waals surface area contributed by atoms with Crippen molar-refractivity contribution in [3.63, 3.8) is 0 Å². The Morgan fingerprint density at radius 2 is 2.07 bits per heavy atom. The van der Waals surface area contributed by atoms with Crippen molar-refractivity contribution in [3.05, 3.63) is 64.1 Å². The van der Waals surface area contributed by atoms with Gasteiger partial charge in [0.1, 0.15) is 12.2 Å². The molecule has 2 aromatic heterocycles. The van der Waals surface area contributed by atoms with E-state index in [1.807, 2.05) is 41.9 Å². The van der Waals surface area contributed by atoms with Crippen LogP contribution in [0.2, 0.25) is 0 Å². The smallest absolute Gasteiger partial charge is 0.251 e. The molecule has 0 aliphatic heterocycles. The minimum absolute atomic E-state index is 0.00178. The fourth-order valence-electron chi connectivity index (χ4n) is 4.10. The second kappa shape index (κ2) is 6.87. The fourth-order valence-corrected chi connectivity index (χ4v) is 5.26. The maximum atomic E-state index is 13.7. The SMILES string of the molecule is Cc1ncnn1CCC1(c2ccccc2)CCc2c(sc(N)c2C(N)=O)C1=O. The summed E-state index contributed by atoms with van der Waals surface area (Å²) in [4.78, 5) is 30.3. The Labute approximate surface area is 166 Å². The molecule has 0 saturated heterocycles. The topological polar surface area (TPSA) is 117 Å². The third-order valence-electron chi connectivity index (χ3n) is 5.61.